The lowest BCUT2D eigenvalue weighted by molar-refractivity contribution is 1.27. The average molecular weight is 132 g/mol. The summed E-state index contributed by atoms with van der Waals surface area (Å²) in [6.45, 7) is 0. The van der Waals surface area contributed by atoms with Crippen LogP contribution in [0.1, 0.15) is 0 Å². The Balaban J connectivity index is 2.86. The number of hydrogen-bond acceptors (Lipinski definition) is 1. The number of H-pyrrole nitrogens is 1. The van der Waals surface area contributed by atoms with Crippen LogP contribution in [0, 0.1) is 0 Å². The Bertz CT molecular complexity index is 350. The SMILES string of the molecule is [NH]c1cc2[nH]ccc2cn1. The molecular weight excluding hydrogens is 126 g/mol. The van der Waals surface area contributed by atoms with Gasteiger partial charge in [0.05, 0.1) is 5.52 Å². The zero-order valence-electron chi connectivity index (χ0n) is 5.26. The largest absolute Gasteiger partial charge is 0.361 e. The quantitative estimate of drug-likeness (QED) is 0.579. The zero-order chi connectivity index (χ0) is 6.97. The van der Waals surface area contributed by atoms with Crippen molar-refractivity contribution in [1.82, 2.24) is 15.7 Å². The van der Waals surface area contributed by atoms with Gasteiger partial charge in [-0.2, -0.15) is 0 Å². The molecule has 0 spiro atoms. The van der Waals surface area contributed by atoms with Crippen LogP contribution in [-0.2, 0) is 0 Å². The molecule has 0 saturated heterocycles. The summed E-state index contributed by atoms with van der Waals surface area (Å²) in [6, 6.07) is 3.64. The van der Waals surface area contributed by atoms with E-state index in [9.17, 15) is 0 Å². The second-order valence-electron chi connectivity index (χ2n) is 2.13. The maximum Gasteiger partial charge on any atom is 0.146 e. The number of aromatic nitrogens is 2. The lowest BCUT2D eigenvalue weighted by Gasteiger charge is -1.88. The van der Waals surface area contributed by atoms with Crippen molar-refractivity contribution in [2.45, 2.75) is 0 Å². The van der Waals surface area contributed by atoms with Gasteiger partial charge in [0.2, 0.25) is 0 Å². The average Bonchev–Trinajstić information content (AvgIpc) is 2.33. The van der Waals surface area contributed by atoms with Gasteiger partial charge in [-0.05, 0) is 6.07 Å². The van der Waals surface area contributed by atoms with Gasteiger partial charge >= 0.3 is 0 Å². The minimum Gasteiger partial charge on any atom is -0.361 e. The van der Waals surface area contributed by atoms with E-state index in [0.717, 1.165) is 10.9 Å². The number of nitrogens with zero attached hydrogens (tertiary/aromatic N) is 1. The molecule has 0 amide bonds. The minimum atomic E-state index is 0.301. The Morgan fingerprint density at radius 3 is 3.30 bits per heavy atom. The Labute approximate surface area is 57.9 Å². The standard InChI is InChI=1S/C7H6N3/c8-7-3-6-5(4-10-7)1-2-9-6/h1-4,8-9H. The smallest absolute Gasteiger partial charge is 0.146 e. The fourth-order valence-electron chi connectivity index (χ4n) is 0.945. The highest BCUT2D eigenvalue weighted by Gasteiger charge is 1.93. The molecule has 2 heterocycles. The number of rotatable bonds is 0. The van der Waals surface area contributed by atoms with Crippen LogP contribution in [0.15, 0.2) is 24.5 Å². The van der Waals surface area contributed by atoms with E-state index in [1.165, 1.54) is 0 Å². The molecule has 0 aliphatic carbocycles. The summed E-state index contributed by atoms with van der Waals surface area (Å²) < 4.78 is 0. The first-order valence-electron chi connectivity index (χ1n) is 3.01. The van der Waals surface area contributed by atoms with Gasteiger partial charge in [0.1, 0.15) is 5.82 Å². The van der Waals surface area contributed by atoms with Crippen molar-refractivity contribution in [3.63, 3.8) is 0 Å². The molecule has 0 atom stereocenters. The molecule has 0 saturated carbocycles. The Morgan fingerprint density at radius 1 is 1.50 bits per heavy atom. The predicted molar refractivity (Wildman–Crippen MR) is 38.9 cm³/mol. The van der Waals surface area contributed by atoms with Crippen LogP contribution in [0.4, 0.5) is 5.82 Å². The fraction of sp³-hybridized carbons (Fsp3) is 0. The molecule has 0 aliphatic rings. The summed E-state index contributed by atoms with van der Waals surface area (Å²) >= 11 is 0. The first-order chi connectivity index (χ1) is 4.86. The summed E-state index contributed by atoms with van der Waals surface area (Å²) in [5, 5.41) is 1.05. The van der Waals surface area contributed by atoms with Crippen molar-refractivity contribution in [2.75, 3.05) is 0 Å². The van der Waals surface area contributed by atoms with Gasteiger partial charge in [0.15, 0.2) is 0 Å². The second kappa shape index (κ2) is 1.73. The predicted octanol–water partition coefficient (Wildman–Crippen LogP) is 1.48. The van der Waals surface area contributed by atoms with E-state index >= 15 is 0 Å². The topological polar surface area (TPSA) is 52.5 Å². The highest BCUT2D eigenvalue weighted by atomic mass is 14.8. The molecule has 1 radical (unpaired) electrons. The van der Waals surface area contributed by atoms with Gasteiger partial charge in [0, 0.05) is 23.8 Å². The highest BCUT2D eigenvalue weighted by Crippen LogP contribution is 2.12. The monoisotopic (exact) mass is 132 g/mol. The van der Waals surface area contributed by atoms with E-state index in [1.54, 1.807) is 12.3 Å². The van der Waals surface area contributed by atoms with Crippen LogP contribution in [0.25, 0.3) is 10.9 Å². The summed E-state index contributed by atoms with van der Waals surface area (Å²) in [5.74, 6) is 0.301. The molecule has 2 aromatic heterocycles. The zero-order valence-corrected chi connectivity index (χ0v) is 5.26. The lowest BCUT2D eigenvalue weighted by Crippen LogP contribution is -1.75. The van der Waals surface area contributed by atoms with Gasteiger partial charge in [-0.15, -0.1) is 0 Å². The molecule has 2 rings (SSSR count). The van der Waals surface area contributed by atoms with Crippen molar-refractivity contribution in [2.24, 2.45) is 0 Å². The van der Waals surface area contributed by atoms with Crippen molar-refractivity contribution < 1.29 is 0 Å². The molecule has 10 heavy (non-hydrogen) atoms. The third-order valence-corrected chi connectivity index (χ3v) is 1.44. The van der Waals surface area contributed by atoms with Crippen molar-refractivity contribution in [1.29, 1.82) is 0 Å². The number of hydrogen-bond donors (Lipinski definition) is 1. The lowest BCUT2D eigenvalue weighted by atomic mass is 10.3. The van der Waals surface area contributed by atoms with Crippen LogP contribution in [0.2, 0.25) is 0 Å². The molecule has 3 nitrogen and oxygen atoms in total. The van der Waals surface area contributed by atoms with Gasteiger partial charge in [0.25, 0.3) is 0 Å². The molecule has 0 bridgehead atoms. The van der Waals surface area contributed by atoms with Gasteiger partial charge < -0.3 is 4.98 Å². The maximum atomic E-state index is 7.18. The highest BCUT2D eigenvalue weighted by molar-refractivity contribution is 5.79. The van der Waals surface area contributed by atoms with Gasteiger partial charge in [-0.3, -0.25) is 5.73 Å². The number of fused-ring (bicyclic) bond motifs is 1. The van der Waals surface area contributed by atoms with Gasteiger partial charge in [-0.25, -0.2) is 4.98 Å². The maximum absolute atomic E-state index is 7.18. The van der Waals surface area contributed by atoms with Crippen molar-refractivity contribution in [3.8, 4) is 0 Å². The molecular formula is C7H6N3. The molecule has 0 aliphatic heterocycles. The van der Waals surface area contributed by atoms with Crippen LogP contribution in [0.5, 0.6) is 0 Å². The summed E-state index contributed by atoms with van der Waals surface area (Å²) in [7, 11) is 0. The van der Waals surface area contributed by atoms with Crippen LogP contribution in [0.3, 0.4) is 0 Å². The summed E-state index contributed by atoms with van der Waals surface area (Å²) in [4.78, 5) is 6.83. The molecule has 0 fully saturated rings. The minimum absolute atomic E-state index is 0.301. The number of aromatic amines is 1. The Morgan fingerprint density at radius 2 is 2.40 bits per heavy atom. The van der Waals surface area contributed by atoms with E-state index < -0.39 is 0 Å². The van der Waals surface area contributed by atoms with Crippen molar-refractivity contribution >= 4 is 16.7 Å². The summed E-state index contributed by atoms with van der Waals surface area (Å²) in [5.41, 5.74) is 8.16. The third-order valence-electron chi connectivity index (χ3n) is 1.44. The number of pyridine rings is 1. The molecule has 0 aromatic carbocycles. The Kier molecular flexibility index (Phi) is 0.917. The molecule has 2 aromatic rings. The molecule has 49 valence electrons. The normalized spacial score (nSPS) is 10.4. The fourth-order valence-corrected chi connectivity index (χ4v) is 0.945. The van der Waals surface area contributed by atoms with Crippen LogP contribution >= 0.6 is 0 Å². The van der Waals surface area contributed by atoms with Crippen LogP contribution < -0.4 is 5.73 Å². The van der Waals surface area contributed by atoms with E-state index in [4.69, 9.17) is 5.73 Å². The second-order valence-corrected chi connectivity index (χ2v) is 2.13. The van der Waals surface area contributed by atoms with Gasteiger partial charge in [-0.1, -0.05) is 0 Å². The molecule has 3 heteroatoms. The van der Waals surface area contributed by atoms with E-state index in [0.29, 0.717) is 5.82 Å². The molecule has 2 N–H and O–H groups in total. The Hall–Kier alpha value is -1.51. The van der Waals surface area contributed by atoms with Crippen molar-refractivity contribution in [3.05, 3.63) is 24.5 Å². The van der Waals surface area contributed by atoms with Crippen LogP contribution in [-0.4, -0.2) is 9.97 Å². The number of nitrogens with one attached hydrogen (secondary N) is 2. The summed E-state index contributed by atoms with van der Waals surface area (Å²) in [6.07, 6.45) is 3.53. The first kappa shape index (κ1) is 5.29. The molecule has 0 unspecified atom stereocenters. The third kappa shape index (κ3) is 0.639. The first-order valence-corrected chi connectivity index (χ1v) is 3.01. The van der Waals surface area contributed by atoms with E-state index in [-0.39, 0.29) is 0 Å². The van der Waals surface area contributed by atoms with E-state index in [2.05, 4.69) is 9.97 Å². The van der Waals surface area contributed by atoms with E-state index in [1.807, 2.05) is 12.3 Å².